The van der Waals surface area contributed by atoms with Crippen LogP contribution < -0.4 is 5.14 Å². The van der Waals surface area contributed by atoms with Gasteiger partial charge in [0.25, 0.3) is 0 Å². The predicted octanol–water partition coefficient (Wildman–Crippen LogP) is 7.04. The molecule has 0 radical (unpaired) electrons. The number of carboxylic acids is 1. The van der Waals surface area contributed by atoms with Crippen molar-refractivity contribution in [1.29, 1.82) is 0 Å². The largest absolute Gasteiger partial charge is 0.476 e. The molecule has 8 nitrogen and oxygen atoms in total. The second kappa shape index (κ2) is 11.4. The summed E-state index contributed by atoms with van der Waals surface area (Å²) in [7, 11) is -4.01. The number of hydrogen-bond acceptors (Lipinski definition) is 5. The van der Waals surface area contributed by atoms with Gasteiger partial charge in [0.15, 0.2) is 11.5 Å². The first-order valence-electron chi connectivity index (χ1n) is 13.2. The molecule has 0 spiro atoms. The smallest absolute Gasteiger partial charge is 0.355 e. The highest BCUT2D eigenvalue weighted by Gasteiger charge is 2.31. The molecule has 5 aromatic rings. The molecule has 1 aliphatic carbocycles. The van der Waals surface area contributed by atoms with Gasteiger partial charge in [0.1, 0.15) is 5.82 Å². The zero-order valence-electron chi connectivity index (χ0n) is 22.3. The van der Waals surface area contributed by atoms with Crippen LogP contribution in [0.15, 0.2) is 70.9 Å². The third-order valence-electron chi connectivity index (χ3n) is 7.23. The molecule has 4 N–H and O–H groups in total. The van der Waals surface area contributed by atoms with Gasteiger partial charge in [-0.05, 0) is 76.9 Å². The SMILES string of the molecule is N[S+](=O)(O)c1ccc(Cc2c(-c3ccc(F)c(-c4cccc(Cl)c4)c3)nn(-c3nc(C(=O)O)cs3)c2CC2CC2)cc1F. The molecule has 0 amide bonds. The molecule has 3 aromatic carbocycles. The number of nitrogens with zero attached hydrogens (tertiary/aromatic N) is 3. The molecule has 1 atom stereocenters. The summed E-state index contributed by atoms with van der Waals surface area (Å²) in [6.07, 6.45) is 2.81. The van der Waals surface area contributed by atoms with Crippen molar-refractivity contribution in [3.63, 3.8) is 0 Å². The van der Waals surface area contributed by atoms with Crippen molar-refractivity contribution in [2.24, 2.45) is 11.1 Å². The number of hydrogen-bond donors (Lipinski definition) is 3. The lowest BCUT2D eigenvalue weighted by Gasteiger charge is -2.10. The summed E-state index contributed by atoms with van der Waals surface area (Å²) in [6.45, 7) is 0. The number of aromatic nitrogens is 3. The van der Waals surface area contributed by atoms with Crippen LogP contribution in [0.3, 0.4) is 0 Å². The lowest BCUT2D eigenvalue weighted by atomic mass is 9.95. The van der Waals surface area contributed by atoms with Gasteiger partial charge >= 0.3 is 16.4 Å². The minimum absolute atomic E-state index is 0.118. The number of rotatable bonds is 9. The third kappa shape index (κ3) is 6.15. The molecule has 1 aliphatic rings. The van der Waals surface area contributed by atoms with Gasteiger partial charge in [0.2, 0.25) is 10.0 Å². The Morgan fingerprint density at radius 2 is 1.88 bits per heavy atom. The average Bonchev–Trinajstić information content (AvgIpc) is 3.50. The Morgan fingerprint density at radius 3 is 2.53 bits per heavy atom. The summed E-state index contributed by atoms with van der Waals surface area (Å²) < 4.78 is 53.2. The van der Waals surface area contributed by atoms with Gasteiger partial charge in [0, 0.05) is 39.6 Å². The average molecular weight is 642 g/mol. The zero-order valence-corrected chi connectivity index (χ0v) is 24.7. The van der Waals surface area contributed by atoms with Gasteiger partial charge in [0.05, 0.1) is 11.4 Å². The highest BCUT2D eigenvalue weighted by Crippen LogP contribution is 2.39. The van der Waals surface area contributed by atoms with Gasteiger partial charge in [-0.3, -0.25) is 0 Å². The van der Waals surface area contributed by atoms with Crippen molar-refractivity contribution in [1.82, 2.24) is 14.8 Å². The van der Waals surface area contributed by atoms with E-state index in [4.69, 9.17) is 21.8 Å². The van der Waals surface area contributed by atoms with Gasteiger partial charge in [-0.25, -0.2) is 23.2 Å². The third-order valence-corrected chi connectivity index (χ3v) is 9.24. The van der Waals surface area contributed by atoms with E-state index in [1.807, 2.05) is 0 Å². The Bertz CT molecular complexity index is 1930. The fraction of sp³-hybridized carbons (Fsp3) is 0.167. The van der Waals surface area contributed by atoms with Crippen LogP contribution in [0.2, 0.25) is 5.02 Å². The standard InChI is InChI=1S/C30H23ClF2N4O4S2/c31-20-3-1-2-18(13-20)21-14-19(7-8-23(21)32)28-22(10-17-6-9-27(24(33)11-17)43(34,40)41)26(12-16-4-5-16)37(36-28)30-35-25(15-42-30)29(38)39/h1-3,6-9,11,13-16H,4-5,10,12H2,(H3-,34,38,39,40,41)/p+1. The van der Waals surface area contributed by atoms with Crippen LogP contribution in [0.5, 0.6) is 0 Å². The minimum atomic E-state index is -4.01. The van der Waals surface area contributed by atoms with Crippen LogP contribution in [0.25, 0.3) is 27.5 Å². The molecule has 1 unspecified atom stereocenters. The predicted molar refractivity (Wildman–Crippen MR) is 161 cm³/mol. The summed E-state index contributed by atoms with van der Waals surface area (Å²) in [5, 5.41) is 21.9. The lowest BCUT2D eigenvalue weighted by molar-refractivity contribution is 0.0691. The van der Waals surface area contributed by atoms with Crippen LogP contribution in [-0.4, -0.2) is 30.4 Å². The summed E-state index contributed by atoms with van der Waals surface area (Å²) in [5.74, 6) is -2.16. The maximum absolute atomic E-state index is 15.1. The molecule has 2 aromatic heterocycles. The minimum Gasteiger partial charge on any atom is -0.476 e. The van der Waals surface area contributed by atoms with E-state index in [1.165, 1.54) is 23.6 Å². The highest BCUT2D eigenvalue weighted by atomic mass is 35.5. The van der Waals surface area contributed by atoms with E-state index < -0.39 is 32.9 Å². The first kappa shape index (κ1) is 29.3. The molecule has 1 saturated carbocycles. The number of carbonyl (C=O) groups is 1. The first-order valence-corrected chi connectivity index (χ1v) is 16.0. The number of halogens is 3. The highest BCUT2D eigenvalue weighted by molar-refractivity contribution is 7.95. The first-order chi connectivity index (χ1) is 20.5. The fourth-order valence-corrected chi connectivity index (χ4v) is 6.54. The summed E-state index contributed by atoms with van der Waals surface area (Å²) in [4.78, 5) is 15.4. The number of carboxylic acid groups (broad SMARTS) is 1. The molecule has 0 aliphatic heterocycles. The summed E-state index contributed by atoms with van der Waals surface area (Å²) in [5.41, 5.74) is 3.80. The Kier molecular flexibility index (Phi) is 7.73. The Morgan fingerprint density at radius 1 is 1.09 bits per heavy atom. The topological polar surface area (TPSA) is 131 Å². The lowest BCUT2D eigenvalue weighted by Crippen LogP contribution is -2.22. The van der Waals surface area contributed by atoms with Crippen molar-refractivity contribution in [2.45, 2.75) is 30.6 Å². The molecule has 43 heavy (non-hydrogen) atoms. The van der Waals surface area contributed by atoms with E-state index in [0.29, 0.717) is 56.0 Å². The van der Waals surface area contributed by atoms with Crippen LogP contribution in [0, 0.1) is 17.6 Å². The van der Waals surface area contributed by atoms with E-state index in [1.54, 1.807) is 41.1 Å². The quantitative estimate of drug-likeness (QED) is 0.148. The van der Waals surface area contributed by atoms with Crippen molar-refractivity contribution < 1.29 is 27.4 Å². The normalized spacial score (nSPS) is 14.5. The van der Waals surface area contributed by atoms with Crippen molar-refractivity contribution in [2.75, 3.05) is 0 Å². The van der Waals surface area contributed by atoms with Gasteiger partial charge in [-0.2, -0.15) is 9.65 Å². The molecule has 2 heterocycles. The molecule has 6 rings (SSSR count). The number of thiazole rings is 1. The van der Waals surface area contributed by atoms with Crippen LogP contribution in [0.1, 0.15) is 40.2 Å². The fourth-order valence-electron chi connectivity index (χ4n) is 4.97. The van der Waals surface area contributed by atoms with E-state index in [-0.39, 0.29) is 12.1 Å². The maximum Gasteiger partial charge on any atom is 0.355 e. The van der Waals surface area contributed by atoms with Crippen molar-refractivity contribution in [3.05, 3.63) is 105 Å². The molecule has 0 saturated heterocycles. The van der Waals surface area contributed by atoms with Crippen LogP contribution in [0.4, 0.5) is 8.78 Å². The molecule has 0 bridgehead atoms. The Labute approximate surface area is 255 Å². The Balaban J connectivity index is 1.54. The molecular weight excluding hydrogens is 618 g/mol. The zero-order chi connectivity index (χ0) is 30.5. The summed E-state index contributed by atoms with van der Waals surface area (Å²) >= 11 is 7.31. The van der Waals surface area contributed by atoms with Gasteiger partial charge < -0.3 is 5.11 Å². The van der Waals surface area contributed by atoms with E-state index in [2.05, 4.69) is 4.98 Å². The van der Waals surface area contributed by atoms with E-state index in [0.717, 1.165) is 35.9 Å². The van der Waals surface area contributed by atoms with Crippen LogP contribution >= 0.6 is 22.9 Å². The molecule has 220 valence electrons. The number of benzene rings is 3. The number of aromatic carboxylic acids is 1. The second-order valence-corrected chi connectivity index (χ2v) is 13.2. The Hall–Kier alpha value is -3.81. The molecular formula is C30H24ClF2N4O4S2+. The number of nitrogens with two attached hydrogens (primary N) is 1. The van der Waals surface area contributed by atoms with Gasteiger partial charge in [-0.1, -0.05) is 29.8 Å². The molecule has 1 fully saturated rings. The molecule has 13 heteroatoms. The van der Waals surface area contributed by atoms with E-state index in [9.17, 15) is 23.1 Å². The summed E-state index contributed by atoms with van der Waals surface area (Å²) in [6, 6.07) is 15.3. The van der Waals surface area contributed by atoms with Crippen LogP contribution in [-0.2, 0) is 27.5 Å². The van der Waals surface area contributed by atoms with Crippen molar-refractivity contribution >= 4 is 39.3 Å². The second-order valence-electron chi connectivity index (χ2n) is 10.4. The monoisotopic (exact) mass is 641 g/mol. The van der Waals surface area contributed by atoms with E-state index >= 15 is 4.39 Å². The van der Waals surface area contributed by atoms with Crippen molar-refractivity contribution in [3.8, 4) is 27.5 Å². The van der Waals surface area contributed by atoms with Gasteiger partial charge in [-0.15, -0.1) is 16.5 Å². The maximum atomic E-state index is 15.1.